The number of H-pyrrole nitrogens is 1. The van der Waals surface area contributed by atoms with Crippen LogP contribution >= 0.6 is 0 Å². The molecule has 1 amide bonds. The lowest BCUT2D eigenvalue weighted by Gasteiger charge is -2.11. The van der Waals surface area contributed by atoms with Crippen LogP contribution in [0.4, 0.5) is 4.39 Å². The molecule has 2 aromatic heterocycles. The molecule has 0 saturated heterocycles. The largest absolute Gasteiger partial charge is 0.345 e. The van der Waals surface area contributed by atoms with Crippen LogP contribution in [0.3, 0.4) is 0 Å². The van der Waals surface area contributed by atoms with Gasteiger partial charge in [-0.1, -0.05) is 0 Å². The lowest BCUT2D eigenvalue weighted by atomic mass is 10.2. The second-order valence-corrected chi connectivity index (χ2v) is 5.60. The van der Waals surface area contributed by atoms with Crippen LogP contribution in [0, 0.1) is 12.7 Å². The van der Waals surface area contributed by atoms with Crippen molar-refractivity contribution in [2.45, 2.75) is 19.9 Å². The van der Waals surface area contributed by atoms with Crippen molar-refractivity contribution < 1.29 is 9.18 Å². The number of rotatable bonds is 4. The molecule has 0 fully saturated rings. The summed E-state index contributed by atoms with van der Waals surface area (Å²) in [5.41, 5.74) is 0.905. The van der Waals surface area contributed by atoms with Gasteiger partial charge in [0.05, 0.1) is 17.9 Å². The first-order valence-corrected chi connectivity index (χ1v) is 7.61. The number of amides is 1. The van der Waals surface area contributed by atoms with Gasteiger partial charge in [0, 0.05) is 18.0 Å². The van der Waals surface area contributed by atoms with E-state index >= 15 is 0 Å². The van der Waals surface area contributed by atoms with Crippen LogP contribution in [0.5, 0.6) is 0 Å². The fraction of sp³-hybridized carbons (Fsp3) is 0.176. The minimum absolute atomic E-state index is 0.0524. The summed E-state index contributed by atoms with van der Waals surface area (Å²) < 4.78 is 14.6. The number of nitrogens with one attached hydrogen (secondary N) is 2. The molecule has 0 aliphatic rings. The Balaban J connectivity index is 1.75. The Morgan fingerprint density at radius 2 is 2.00 bits per heavy atom. The van der Waals surface area contributed by atoms with E-state index in [2.05, 4.69) is 20.4 Å². The summed E-state index contributed by atoms with van der Waals surface area (Å²) in [5, 5.41) is 6.94. The summed E-state index contributed by atoms with van der Waals surface area (Å²) in [6.07, 6.45) is 4.58. The molecule has 0 radical (unpaired) electrons. The van der Waals surface area contributed by atoms with Gasteiger partial charge in [0.25, 0.3) is 11.5 Å². The second-order valence-electron chi connectivity index (χ2n) is 5.60. The van der Waals surface area contributed by atoms with Gasteiger partial charge >= 0.3 is 0 Å². The Hall–Kier alpha value is -3.29. The number of halogens is 1. The Morgan fingerprint density at radius 3 is 2.68 bits per heavy atom. The molecule has 0 aliphatic carbocycles. The summed E-state index contributed by atoms with van der Waals surface area (Å²) in [6, 6.07) is 5.53. The number of hydrogen-bond donors (Lipinski definition) is 2. The van der Waals surface area contributed by atoms with Crippen molar-refractivity contribution in [3.8, 4) is 5.69 Å². The topological polar surface area (TPSA) is 92.7 Å². The van der Waals surface area contributed by atoms with E-state index in [-0.39, 0.29) is 17.4 Å². The summed E-state index contributed by atoms with van der Waals surface area (Å²) in [6.45, 7) is 3.41. The van der Waals surface area contributed by atoms with Crippen molar-refractivity contribution in [1.29, 1.82) is 0 Å². The number of benzene rings is 1. The maximum absolute atomic E-state index is 13.0. The predicted molar refractivity (Wildman–Crippen MR) is 89.0 cm³/mol. The van der Waals surface area contributed by atoms with E-state index < -0.39 is 11.5 Å². The van der Waals surface area contributed by atoms with Gasteiger partial charge in [0.2, 0.25) is 0 Å². The van der Waals surface area contributed by atoms with E-state index in [1.807, 2.05) is 0 Å². The molecule has 0 saturated carbocycles. The fourth-order valence-electron chi connectivity index (χ4n) is 2.30. The number of nitrogens with zero attached hydrogens (tertiary/aromatic N) is 3. The van der Waals surface area contributed by atoms with Gasteiger partial charge in [-0.3, -0.25) is 9.59 Å². The van der Waals surface area contributed by atoms with Crippen molar-refractivity contribution >= 4 is 5.91 Å². The first-order chi connectivity index (χ1) is 11.9. The molecule has 1 aromatic carbocycles. The zero-order chi connectivity index (χ0) is 18.0. The fourth-order valence-corrected chi connectivity index (χ4v) is 2.30. The normalized spacial score (nSPS) is 12.0. The molecular weight excluding hydrogens is 325 g/mol. The van der Waals surface area contributed by atoms with E-state index in [0.717, 1.165) is 5.56 Å². The quantitative estimate of drug-likeness (QED) is 0.758. The number of aromatic nitrogens is 4. The highest BCUT2D eigenvalue weighted by atomic mass is 19.1. The highest BCUT2D eigenvalue weighted by Crippen LogP contribution is 2.15. The van der Waals surface area contributed by atoms with Gasteiger partial charge in [-0.05, 0) is 38.1 Å². The summed E-state index contributed by atoms with van der Waals surface area (Å²) in [7, 11) is 0. The minimum atomic E-state index is -0.518. The molecule has 128 valence electrons. The first-order valence-electron chi connectivity index (χ1n) is 7.61. The van der Waals surface area contributed by atoms with Gasteiger partial charge in [-0.2, -0.15) is 5.10 Å². The summed E-state index contributed by atoms with van der Waals surface area (Å²) >= 11 is 0. The molecule has 0 bridgehead atoms. The van der Waals surface area contributed by atoms with E-state index in [9.17, 15) is 14.0 Å². The first kappa shape index (κ1) is 16.6. The molecule has 0 spiro atoms. The van der Waals surface area contributed by atoms with Gasteiger partial charge in [-0.15, -0.1) is 0 Å². The Labute approximate surface area is 142 Å². The third kappa shape index (κ3) is 3.63. The number of carbonyl (C=O) groups is 1. The van der Waals surface area contributed by atoms with Gasteiger partial charge in [-0.25, -0.2) is 14.1 Å². The van der Waals surface area contributed by atoms with Crippen LogP contribution in [0.15, 0.2) is 47.7 Å². The molecule has 25 heavy (non-hydrogen) atoms. The molecular formula is C17H16FN5O2. The molecule has 0 aliphatic heterocycles. The molecule has 8 heteroatoms. The van der Waals surface area contributed by atoms with Gasteiger partial charge in [0.1, 0.15) is 17.2 Å². The number of aryl methyl sites for hydroxylation is 1. The average Bonchev–Trinajstić information content (AvgIpc) is 3.05. The lowest BCUT2D eigenvalue weighted by Crippen LogP contribution is -2.32. The van der Waals surface area contributed by atoms with Crippen molar-refractivity contribution in [1.82, 2.24) is 25.1 Å². The third-order valence-corrected chi connectivity index (χ3v) is 3.71. The van der Waals surface area contributed by atoms with Gasteiger partial charge < -0.3 is 10.3 Å². The van der Waals surface area contributed by atoms with Gasteiger partial charge in [0.15, 0.2) is 0 Å². The monoisotopic (exact) mass is 341 g/mol. The third-order valence-electron chi connectivity index (χ3n) is 3.71. The molecule has 1 unspecified atom stereocenters. The van der Waals surface area contributed by atoms with Crippen molar-refractivity contribution in [3.63, 3.8) is 0 Å². The van der Waals surface area contributed by atoms with Crippen LogP contribution in [-0.2, 0) is 0 Å². The van der Waals surface area contributed by atoms with E-state index in [0.29, 0.717) is 11.5 Å². The Bertz CT molecular complexity index is 962. The smallest absolute Gasteiger partial charge is 0.263 e. The average molecular weight is 341 g/mol. The van der Waals surface area contributed by atoms with Crippen molar-refractivity contribution in [2.75, 3.05) is 0 Å². The Morgan fingerprint density at radius 1 is 1.28 bits per heavy atom. The van der Waals surface area contributed by atoms with Crippen LogP contribution in [-0.4, -0.2) is 25.7 Å². The van der Waals surface area contributed by atoms with Crippen LogP contribution in [0.1, 0.15) is 34.7 Å². The zero-order valence-electron chi connectivity index (χ0n) is 13.7. The highest BCUT2D eigenvalue weighted by molar-refractivity contribution is 5.93. The van der Waals surface area contributed by atoms with Crippen molar-refractivity contribution in [3.05, 3.63) is 76.0 Å². The zero-order valence-corrected chi connectivity index (χ0v) is 13.7. The Kier molecular flexibility index (Phi) is 4.42. The van der Waals surface area contributed by atoms with E-state index in [1.54, 1.807) is 43.1 Å². The van der Waals surface area contributed by atoms with Crippen molar-refractivity contribution in [2.24, 2.45) is 0 Å². The van der Waals surface area contributed by atoms with E-state index in [1.165, 1.54) is 18.3 Å². The highest BCUT2D eigenvalue weighted by Gasteiger charge is 2.16. The maximum Gasteiger partial charge on any atom is 0.263 e. The van der Waals surface area contributed by atoms with E-state index in [4.69, 9.17) is 0 Å². The van der Waals surface area contributed by atoms with Crippen LogP contribution < -0.4 is 10.9 Å². The SMILES string of the molecule is Cc1ncc(C(=O)NC(C)c2cnn(-c3ccc(F)cc3)c2)c(=O)[nH]1. The molecule has 3 rings (SSSR count). The summed E-state index contributed by atoms with van der Waals surface area (Å²) in [4.78, 5) is 30.5. The molecule has 2 heterocycles. The maximum atomic E-state index is 13.0. The minimum Gasteiger partial charge on any atom is -0.345 e. The number of hydrogen-bond acceptors (Lipinski definition) is 4. The summed E-state index contributed by atoms with van der Waals surface area (Å²) in [5.74, 6) is -0.403. The molecule has 3 aromatic rings. The molecule has 7 nitrogen and oxygen atoms in total. The number of aromatic amines is 1. The van der Waals surface area contributed by atoms with Crippen LogP contribution in [0.25, 0.3) is 5.69 Å². The number of carbonyl (C=O) groups excluding carboxylic acids is 1. The van der Waals surface area contributed by atoms with Crippen LogP contribution in [0.2, 0.25) is 0 Å². The standard InChI is InChI=1S/C17H16FN5O2/c1-10(21-16(24)15-8-19-11(2)22-17(15)25)12-7-20-23(9-12)14-5-3-13(18)4-6-14/h3-10H,1-2H3,(H,21,24)(H,19,22,25). The predicted octanol–water partition coefficient (Wildman–Crippen LogP) is 1.89. The molecule has 2 N–H and O–H groups in total. The second kappa shape index (κ2) is 6.68. The molecule has 1 atom stereocenters. The lowest BCUT2D eigenvalue weighted by molar-refractivity contribution is 0.0938.